The Kier molecular flexibility index (Phi) is 6.67. The SMILES string of the molecule is O=C1CC(N(Cc2ccccc2Cl)S(=O)(=O)c2ccc(F)cc2)C(=O)N1c1ccc(Br)cc1. The highest BCUT2D eigenvalue weighted by Crippen LogP contribution is 2.32. The molecule has 0 N–H and O–H groups in total. The van der Waals surface area contributed by atoms with Crippen molar-refractivity contribution in [3.8, 4) is 0 Å². The summed E-state index contributed by atoms with van der Waals surface area (Å²) in [6.07, 6.45) is -0.334. The molecule has 1 aliphatic rings. The van der Waals surface area contributed by atoms with Crippen molar-refractivity contribution in [1.82, 2.24) is 4.31 Å². The van der Waals surface area contributed by atoms with E-state index < -0.39 is 33.7 Å². The summed E-state index contributed by atoms with van der Waals surface area (Å²) >= 11 is 9.56. The van der Waals surface area contributed by atoms with Crippen LogP contribution in [0.4, 0.5) is 10.1 Å². The molecule has 33 heavy (non-hydrogen) atoms. The number of carbonyl (C=O) groups is 2. The fourth-order valence-corrected chi connectivity index (χ4v) is 5.62. The maximum Gasteiger partial charge on any atom is 0.252 e. The van der Waals surface area contributed by atoms with Crippen LogP contribution in [0.1, 0.15) is 12.0 Å². The predicted molar refractivity (Wildman–Crippen MR) is 126 cm³/mol. The number of carbonyl (C=O) groups excluding carboxylic acids is 2. The number of nitrogens with zero attached hydrogens (tertiary/aromatic N) is 2. The minimum atomic E-state index is -4.28. The van der Waals surface area contributed by atoms with Gasteiger partial charge in [0.1, 0.15) is 11.9 Å². The lowest BCUT2D eigenvalue weighted by Crippen LogP contribution is -2.45. The summed E-state index contributed by atoms with van der Waals surface area (Å²) in [6.45, 7) is -0.239. The highest BCUT2D eigenvalue weighted by Gasteiger charge is 2.47. The van der Waals surface area contributed by atoms with Crippen LogP contribution in [0.25, 0.3) is 0 Å². The Hall–Kier alpha value is -2.59. The number of halogens is 3. The van der Waals surface area contributed by atoms with Gasteiger partial charge in [-0.3, -0.25) is 9.59 Å². The van der Waals surface area contributed by atoms with Crippen LogP contribution in [0.2, 0.25) is 5.02 Å². The molecule has 0 radical (unpaired) electrons. The highest BCUT2D eigenvalue weighted by molar-refractivity contribution is 9.10. The van der Waals surface area contributed by atoms with Crippen LogP contribution < -0.4 is 4.90 Å². The van der Waals surface area contributed by atoms with Crippen LogP contribution >= 0.6 is 27.5 Å². The first-order valence-electron chi connectivity index (χ1n) is 9.81. The van der Waals surface area contributed by atoms with Crippen molar-refractivity contribution in [2.45, 2.75) is 23.9 Å². The van der Waals surface area contributed by atoms with Crippen LogP contribution in [0.15, 0.2) is 82.2 Å². The molecule has 0 saturated carbocycles. The molecule has 1 atom stereocenters. The lowest BCUT2D eigenvalue weighted by Gasteiger charge is -2.27. The summed E-state index contributed by atoms with van der Waals surface area (Å²) in [5, 5.41) is 0.318. The molecule has 6 nitrogen and oxygen atoms in total. The van der Waals surface area contributed by atoms with Crippen LogP contribution in [0, 0.1) is 5.82 Å². The predicted octanol–water partition coefficient (Wildman–Crippen LogP) is 4.76. The molecule has 170 valence electrons. The minimum Gasteiger partial charge on any atom is -0.274 e. The number of hydrogen-bond acceptors (Lipinski definition) is 4. The smallest absolute Gasteiger partial charge is 0.252 e. The second kappa shape index (κ2) is 9.34. The minimum absolute atomic E-state index is 0.196. The molecule has 4 rings (SSSR count). The second-order valence-electron chi connectivity index (χ2n) is 7.36. The maximum absolute atomic E-state index is 13.6. The Labute approximate surface area is 203 Å². The summed E-state index contributed by atoms with van der Waals surface area (Å²) in [5.41, 5.74) is 0.805. The zero-order valence-electron chi connectivity index (χ0n) is 17.0. The Morgan fingerprint density at radius 3 is 2.27 bits per heavy atom. The maximum atomic E-state index is 13.6. The number of imide groups is 1. The van der Waals surface area contributed by atoms with Crippen molar-refractivity contribution < 1.29 is 22.4 Å². The van der Waals surface area contributed by atoms with E-state index in [1.807, 2.05) is 0 Å². The normalized spacial score (nSPS) is 16.6. The van der Waals surface area contributed by atoms with Gasteiger partial charge in [0.15, 0.2) is 0 Å². The molecule has 3 aromatic carbocycles. The van der Waals surface area contributed by atoms with Gasteiger partial charge in [-0.05, 0) is 60.2 Å². The van der Waals surface area contributed by atoms with Gasteiger partial charge in [-0.15, -0.1) is 0 Å². The summed E-state index contributed by atoms with van der Waals surface area (Å²) < 4.78 is 42.3. The molecule has 0 spiro atoms. The molecule has 3 aromatic rings. The number of rotatable bonds is 6. The molecule has 1 saturated heterocycles. The van der Waals surface area contributed by atoms with Crippen molar-refractivity contribution in [2.75, 3.05) is 4.90 Å². The van der Waals surface area contributed by atoms with E-state index in [-0.39, 0.29) is 17.9 Å². The largest absolute Gasteiger partial charge is 0.274 e. The van der Waals surface area contributed by atoms with Gasteiger partial charge in [-0.25, -0.2) is 17.7 Å². The van der Waals surface area contributed by atoms with Crippen LogP contribution in [-0.4, -0.2) is 30.6 Å². The van der Waals surface area contributed by atoms with Gasteiger partial charge >= 0.3 is 0 Å². The van der Waals surface area contributed by atoms with Gasteiger partial charge in [0.25, 0.3) is 5.91 Å². The van der Waals surface area contributed by atoms with Crippen LogP contribution in [0.3, 0.4) is 0 Å². The van der Waals surface area contributed by atoms with Crippen molar-refractivity contribution in [1.29, 1.82) is 0 Å². The molecular formula is C23H17BrClFN2O4S. The first-order chi connectivity index (χ1) is 15.7. The molecule has 1 unspecified atom stereocenters. The highest BCUT2D eigenvalue weighted by atomic mass is 79.9. The summed E-state index contributed by atoms with van der Waals surface area (Å²) in [5.74, 6) is -1.79. The van der Waals surface area contributed by atoms with Gasteiger partial charge in [0, 0.05) is 16.0 Å². The third kappa shape index (κ3) is 4.72. The first-order valence-corrected chi connectivity index (χ1v) is 12.4. The Balaban J connectivity index is 1.77. The Bertz CT molecular complexity index is 1320. The van der Waals surface area contributed by atoms with E-state index >= 15 is 0 Å². The lowest BCUT2D eigenvalue weighted by molar-refractivity contribution is -0.122. The lowest BCUT2D eigenvalue weighted by atomic mass is 10.2. The van der Waals surface area contributed by atoms with Crippen molar-refractivity contribution in [3.63, 3.8) is 0 Å². The summed E-state index contributed by atoms with van der Waals surface area (Å²) in [4.78, 5) is 26.9. The van der Waals surface area contributed by atoms with Crippen molar-refractivity contribution >= 4 is 55.1 Å². The summed E-state index contributed by atoms with van der Waals surface area (Å²) in [7, 11) is -4.28. The van der Waals surface area contributed by atoms with Crippen molar-refractivity contribution in [2.24, 2.45) is 0 Å². The zero-order chi connectivity index (χ0) is 23.8. The van der Waals surface area contributed by atoms with Gasteiger partial charge < -0.3 is 0 Å². The van der Waals surface area contributed by atoms with Crippen molar-refractivity contribution in [3.05, 3.63) is 93.7 Å². The average molecular weight is 552 g/mol. The second-order valence-corrected chi connectivity index (χ2v) is 10.6. The van der Waals surface area contributed by atoms with E-state index in [9.17, 15) is 22.4 Å². The van der Waals surface area contributed by atoms with E-state index in [0.717, 1.165) is 37.9 Å². The molecular weight excluding hydrogens is 535 g/mol. The Morgan fingerprint density at radius 1 is 1.00 bits per heavy atom. The third-order valence-electron chi connectivity index (χ3n) is 5.26. The molecule has 0 bridgehead atoms. The molecule has 1 aliphatic heterocycles. The fourth-order valence-electron chi connectivity index (χ4n) is 3.60. The van der Waals surface area contributed by atoms with Gasteiger partial charge in [-0.1, -0.05) is 45.7 Å². The Morgan fingerprint density at radius 2 is 1.64 bits per heavy atom. The number of anilines is 1. The number of sulfonamides is 1. The molecule has 10 heteroatoms. The number of hydrogen-bond donors (Lipinski definition) is 0. The van der Waals surface area contributed by atoms with Gasteiger partial charge in [0.05, 0.1) is 17.0 Å². The van der Waals surface area contributed by atoms with E-state index in [4.69, 9.17) is 11.6 Å². The topological polar surface area (TPSA) is 74.8 Å². The summed E-state index contributed by atoms with van der Waals surface area (Å²) in [6, 6.07) is 16.2. The standard InChI is InChI=1S/C23H17BrClFN2O4S/c24-16-5-9-18(10-6-16)28-22(29)13-21(23(28)30)27(14-15-3-1-2-4-20(15)25)33(31,32)19-11-7-17(26)8-12-19/h1-12,21H,13-14H2. The van der Waals surface area contributed by atoms with E-state index in [0.29, 0.717) is 16.3 Å². The van der Waals surface area contributed by atoms with Gasteiger partial charge in [-0.2, -0.15) is 4.31 Å². The number of benzene rings is 3. The molecule has 1 heterocycles. The molecule has 0 aromatic heterocycles. The van der Waals surface area contributed by atoms with Crippen LogP contribution in [-0.2, 0) is 26.2 Å². The molecule has 0 aliphatic carbocycles. The van der Waals surface area contributed by atoms with Gasteiger partial charge in [0.2, 0.25) is 15.9 Å². The fraction of sp³-hybridized carbons (Fsp3) is 0.130. The third-order valence-corrected chi connectivity index (χ3v) is 8.03. The average Bonchev–Trinajstić information content (AvgIpc) is 3.07. The monoisotopic (exact) mass is 550 g/mol. The van der Waals surface area contributed by atoms with E-state index in [1.54, 1.807) is 48.5 Å². The van der Waals surface area contributed by atoms with E-state index in [1.165, 1.54) is 0 Å². The first kappa shape index (κ1) is 23.6. The quantitative estimate of drug-likeness (QED) is 0.414. The zero-order valence-corrected chi connectivity index (χ0v) is 20.1. The van der Waals surface area contributed by atoms with E-state index in [2.05, 4.69) is 15.9 Å². The molecule has 2 amide bonds. The number of amides is 2. The molecule has 1 fully saturated rings. The van der Waals surface area contributed by atoms with Crippen LogP contribution in [0.5, 0.6) is 0 Å².